The Bertz CT molecular complexity index is 588. The molecule has 0 radical (unpaired) electrons. The van der Waals surface area contributed by atoms with Crippen molar-refractivity contribution in [2.24, 2.45) is 0 Å². The van der Waals surface area contributed by atoms with Gasteiger partial charge >= 0.3 is 0 Å². The third-order valence-electron chi connectivity index (χ3n) is 3.44. The van der Waals surface area contributed by atoms with Gasteiger partial charge in [0, 0.05) is 23.5 Å². The van der Waals surface area contributed by atoms with Gasteiger partial charge in [-0.2, -0.15) is 0 Å². The third-order valence-corrected chi connectivity index (χ3v) is 3.44. The smallest absolute Gasteiger partial charge is 0.220 e. The molecule has 0 bridgehead atoms. The van der Waals surface area contributed by atoms with Crippen LogP contribution in [0.5, 0.6) is 0 Å². The van der Waals surface area contributed by atoms with Gasteiger partial charge < -0.3 is 20.5 Å². The van der Waals surface area contributed by atoms with Crippen LogP contribution in [0.2, 0.25) is 0 Å². The van der Waals surface area contributed by atoms with Crippen LogP contribution in [0.1, 0.15) is 18.9 Å². The zero-order chi connectivity index (χ0) is 14.6. The molecule has 108 valence electrons. The minimum absolute atomic E-state index is 0.180. The van der Waals surface area contributed by atoms with Gasteiger partial charge in [0.25, 0.3) is 0 Å². The molecule has 0 aliphatic carbocycles. The Morgan fingerprint density at radius 3 is 2.70 bits per heavy atom. The number of hydrogen-bond donors (Lipinski definition) is 4. The number of para-hydroxylation sites is 1. The number of benzene rings is 1. The molecule has 1 aromatic carbocycles. The number of aryl methyl sites for hydroxylation is 1. The normalized spacial score (nSPS) is 11.8. The molecule has 0 aliphatic heterocycles. The van der Waals surface area contributed by atoms with Crippen LogP contribution in [0.4, 0.5) is 0 Å². The molecule has 0 atom stereocenters. The van der Waals surface area contributed by atoms with E-state index in [0.29, 0.717) is 12.8 Å². The first kappa shape index (κ1) is 14.6. The molecule has 0 unspecified atom stereocenters. The number of carbonyl (C=O) groups excluding carboxylic acids is 1. The van der Waals surface area contributed by atoms with E-state index in [1.807, 2.05) is 30.5 Å². The minimum Gasteiger partial charge on any atom is -0.394 e. The topological polar surface area (TPSA) is 85.3 Å². The van der Waals surface area contributed by atoms with Gasteiger partial charge in [0.05, 0.1) is 18.8 Å². The van der Waals surface area contributed by atoms with E-state index in [2.05, 4.69) is 10.3 Å². The quantitative estimate of drug-likeness (QED) is 0.634. The Labute approximate surface area is 117 Å². The molecular weight excluding hydrogens is 256 g/mol. The molecule has 1 heterocycles. The molecule has 0 aliphatic rings. The lowest BCUT2D eigenvalue weighted by atomic mass is 10.0. The summed E-state index contributed by atoms with van der Waals surface area (Å²) in [4.78, 5) is 15.0. The largest absolute Gasteiger partial charge is 0.394 e. The zero-order valence-electron chi connectivity index (χ0n) is 11.5. The lowest BCUT2D eigenvalue weighted by molar-refractivity contribution is -0.124. The SMILES string of the molecule is CC(CO)(CO)NC(=O)CCc1c[nH]c2ccccc12. The lowest BCUT2D eigenvalue weighted by Gasteiger charge is -2.26. The summed E-state index contributed by atoms with van der Waals surface area (Å²) in [5.74, 6) is -0.180. The Morgan fingerprint density at radius 2 is 2.00 bits per heavy atom. The highest BCUT2D eigenvalue weighted by Crippen LogP contribution is 2.19. The van der Waals surface area contributed by atoms with Gasteiger partial charge in [-0.3, -0.25) is 4.79 Å². The summed E-state index contributed by atoms with van der Waals surface area (Å²) in [7, 11) is 0. The number of aliphatic hydroxyl groups excluding tert-OH is 2. The fourth-order valence-corrected chi connectivity index (χ4v) is 2.11. The van der Waals surface area contributed by atoms with Crippen LogP contribution in [0.15, 0.2) is 30.5 Å². The second-order valence-corrected chi connectivity index (χ2v) is 5.28. The second-order valence-electron chi connectivity index (χ2n) is 5.28. The van der Waals surface area contributed by atoms with Crippen molar-refractivity contribution < 1.29 is 15.0 Å². The maximum absolute atomic E-state index is 11.9. The lowest BCUT2D eigenvalue weighted by Crippen LogP contribution is -2.51. The molecular formula is C15H20N2O3. The summed E-state index contributed by atoms with van der Waals surface area (Å²) in [6, 6.07) is 7.94. The standard InChI is InChI=1S/C15H20N2O3/c1-15(9-18,10-19)17-14(20)7-6-11-8-16-13-5-3-2-4-12(11)13/h2-5,8,16,18-19H,6-7,9-10H2,1H3,(H,17,20). The van der Waals surface area contributed by atoms with Crippen molar-refractivity contribution in [2.75, 3.05) is 13.2 Å². The van der Waals surface area contributed by atoms with E-state index in [4.69, 9.17) is 10.2 Å². The molecule has 1 amide bonds. The van der Waals surface area contributed by atoms with Gasteiger partial charge in [-0.15, -0.1) is 0 Å². The van der Waals surface area contributed by atoms with Gasteiger partial charge in [-0.05, 0) is 25.0 Å². The van der Waals surface area contributed by atoms with E-state index in [-0.39, 0.29) is 19.1 Å². The maximum atomic E-state index is 11.9. The number of amides is 1. The van der Waals surface area contributed by atoms with Gasteiger partial charge in [-0.1, -0.05) is 18.2 Å². The van der Waals surface area contributed by atoms with E-state index in [9.17, 15) is 4.79 Å². The van der Waals surface area contributed by atoms with Crippen molar-refractivity contribution >= 4 is 16.8 Å². The van der Waals surface area contributed by atoms with Crippen molar-refractivity contribution in [1.82, 2.24) is 10.3 Å². The number of aromatic nitrogens is 1. The monoisotopic (exact) mass is 276 g/mol. The van der Waals surface area contributed by atoms with Crippen molar-refractivity contribution in [2.45, 2.75) is 25.3 Å². The molecule has 0 fully saturated rings. The first-order valence-electron chi connectivity index (χ1n) is 6.66. The number of carbonyl (C=O) groups is 1. The highest BCUT2D eigenvalue weighted by Gasteiger charge is 2.24. The Morgan fingerprint density at radius 1 is 1.30 bits per heavy atom. The number of nitrogens with one attached hydrogen (secondary N) is 2. The van der Waals surface area contributed by atoms with Crippen molar-refractivity contribution in [3.63, 3.8) is 0 Å². The van der Waals surface area contributed by atoms with E-state index in [1.165, 1.54) is 0 Å². The van der Waals surface area contributed by atoms with Crippen molar-refractivity contribution in [3.05, 3.63) is 36.0 Å². The predicted molar refractivity (Wildman–Crippen MR) is 77.3 cm³/mol. The fourth-order valence-electron chi connectivity index (χ4n) is 2.11. The summed E-state index contributed by atoms with van der Waals surface area (Å²) in [5, 5.41) is 22.1. The molecule has 2 rings (SSSR count). The van der Waals surface area contributed by atoms with Crippen LogP contribution in [0.25, 0.3) is 10.9 Å². The van der Waals surface area contributed by atoms with Crippen LogP contribution in [-0.4, -0.2) is 39.9 Å². The molecule has 0 saturated heterocycles. The average molecular weight is 276 g/mol. The molecule has 5 heteroatoms. The van der Waals surface area contributed by atoms with Crippen LogP contribution in [0.3, 0.4) is 0 Å². The van der Waals surface area contributed by atoms with Crippen LogP contribution in [0, 0.1) is 0 Å². The van der Waals surface area contributed by atoms with Gasteiger partial charge in [-0.25, -0.2) is 0 Å². The average Bonchev–Trinajstić information content (AvgIpc) is 2.88. The Kier molecular flexibility index (Phi) is 4.42. The van der Waals surface area contributed by atoms with E-state index >= 15 is 0 Å². The Hall–Kier alpha value is -1.85. The number of aromatic amines is 1. The number of rotatable bonds is 6. The summed E-state index contributed by atoms with van der Waals surface area (Å²) >= 11 is 0. The molecule has 20 heavy (non-hydrogen) atoms. The number of aliphatic hydroxyl groups is 2. The maximum Gasteiger partial charge on any atom is 0.220 e. The van der Waals surface area contributed by atoms with E-state index in [1.54, 1.807) is 6.92 Å². The number of H-pyrrole nitrogens is 1. The van der Waals surface area contributed by atoms with Crippen molar-refractivity contribution in [1.29, 1.82) is 0 Å². The summed E-state index contributed by atoms with van der Waals surface area (Å²) in [6.07, 6.45) is 2.84. The van der Waals surface area contributed by atoms with Crippen LogP contribution in [-0.2, 0) is 11.2 Å². The van der Waals surface area contributed by atoms with Crippen molar-refractivity contribution in [3.8, 4) is 0 Å². The van der Waals surface area contributed by atoms with Crippen LogP contribution >= 0.6 is 0 Å². The third kappa shape index (κ3) is 3.18. The Balaban J connectivity index is 1.97. The zero-order valence-corrected chi connectivity index (χ0v) is 11.5. The summed E-state index contributed by atoms with van der Waals surface area (Å²) in [6.45, 7) is 1.03. The predicted octanol–water partition coefficient (Wildman–Crippen LogP) is 0.960. The molecule has 0 saturated carbocycles. The minimum atomic E-state index is -0.961. The number of hydrogen-bond acceptors (Lipinski definition) is 3. The molecule has 2 aromatic rings. The van der Waals surface area contributed by atoms with Gasteiger partial charge in [0.1, 0.15) is 0 Å². The fraction of sp³-hybridized carbons (Fsp3) is 0.400. The molecule has 5 nitrogen and oxygen atoms in total. The molecule has 1 aromatic heterocycles. The molecule has 0 spiro atoms. The van der Waals surface area contributed by atoms with Gasteiger partial charge in [0.2, 0.25) is 5.91 Å². The first-order chi connectivity index (χ1) is 9.58. The second kappa shape index (κ2) is 6.07. The van der Waals surface area contributed by atoms with E-state index in [0.717, 1.165) is 16.5 Å². The highest BCUT2D eigenvalue weighted by atomic mass is 16.3. The summed E-state index contributed by atoms with van der Waals surface area (Å²) in [5.41, 5.74) is 1.18. The number of fused-ring (bicyclic) bond motifs is 1. The molecule has 4 N–H and O–H groups in total. The first-order valence-corrected chi connectivity index (χ1v) is 6.66. The highest BCUT2D eigenvalue weighted by molar-refractivity contribution is 5.84. The van der Waals surface area contributed by atoms with Gasteiger partial charge in [0.15, 0.2) is 0 Å². The van der Waals surface area contributed by atoms with Crippen LogP contribution < -0.4 is 5.32 Å². The summed E-state index contributed by atoms with van der Waals surface area (Å²) < 4.78 is 0. The van der Waals surface area contributed by atoms with E-state index < -0.39 is 5.54 Å².